The minimum Gasteiger partial charge on any atom is -0.388 e. The third-order valence-corrected chi connectivity index (χ3v) is 2.81. The summed E-state index contributed by atoms with van der Waals surface area (Å²) in [6.45, 7) is 6.06. The first-order valence-corrected chi connectivity index (χ1v) is 5.46. The monoisotopic (exact) mass is 218 g/mol. The highest BCUT2D eigenvalue weighted by Crippen LogP contribution is 2.19. The van der Waals surface area contributed by atoms with Gasteiger partial charge in [-0.2, -0.15) is 5.26 Å². The van der Waals surface area contributed by atoms with Crippen LogP contribution in [0.5, 0.6) is 0 Å². The van der Waals surface area contributed by atoms with Crippen LogP contribution in [0.2, 0.25) is 0 Å². The summed E-state index contributed by atoms with van der Waals surface area (Å²) in [7, 11) is 0. The molecule has 3 nitrogen and oxygen atoms in total. The Labute approximate surface area is 96.7 Å². The van der Waals surface area contributed by atoms with Crippen LogP contribution in [0.4, 0.5) is 5.69 Å². The molecule has 0 aliphatic carbocycles. The average molecular weight is 218 g/mol. The lowest BCUT2D eigenvalue weighted by molar-refractivity contribution is 0.0697. The van der Waals surface area contributed by atoms with Gasteiger partial charge in [-0.3, -0.25) is 0 Å². The highest BCUT2D eigenvalue weighted by molar-refractivity contribution is 5.60. The van der Waals surface area contributed by atoms with Gasteiger partial charge >= 0.3 is 0 Å². The molecule has 1 aromatic carbocycles. The molecule has 0 saturated heterocycles. The van der Waals surface area contributed by atoms with Crippen LogP contribution in [0.25, 0.3) is 0 Å². The molecule has 0 radical (unpaired) electrons. The van der Waals surface area contributed by atoms with Gasteiger partial charge in [-0.05, 0) is 31.9 Å². The number of nitrogens with zero attached hydrogens (tertiary/aromatic N) is 1. The van der Waals surface area contributed by atoms with E-state index in [1.807, 2.05) is 32.0 Å². The zero-order valence-corrected chi connectivity index (χ0v) is 10.0. The van der Waals surface area contributed by atoms with Crippen LogP contribution < -0.4 is 5.32 Å². The number of nitrogens with one attached hydrogen (secondary N) is 1. The number of aliphatic hydroxyl groups is 1. The zero-order valence-electron chi connectivity index (χ0n) is 10.0. The molecular formula is C13H18N2O. The number of anilines is 1. The van der Waals surface area contributed by atoms with E-state index >= 15 is 0 Å². The lowest BCUT2D eigenvalue weighted by Gasteiger charge is -2.22. The van der Waals surface area contributed by atoms with E-state index in [1.165, 1.54) is 0 Å². The van der Waals surface area contributed by atoms with Crippen molar-refractivity contribution in [1.82, 2.24) is 0 Å². The highest BCUT2D eigenvalue weighted by atomic mass is 16.3. The SMILES string of the molecule is CCC(C)(O)CNc1cccc(C)c1C#N. The molecule has 0 fully saturated rings. The van der Waals surface area contributed by atoms with Crippen molar-refractivity contribution in [3.8, 4) is 6.07 Å². The molecule has 1 atom stereocenters. The van der Waals surface area contributed by atoms with Gasteiger partial charge in [-0.25, -0.2) is 0 Å². The van der Waals surface area contributed by atoms with Crippen LogP contribution >= 0.6 is 0 Å². The van der Waals surface area contributed by atoms with Crippen molar-refractivity contribution < 1.29 is 5.11 Å². The molecule has 16 heavy (non-hydrogen) atoms. The third kappa shape index (κ3) is 2.98. The van der Waals surface area contributed by atoms with Crippen LogP contribution in [0.15, 0.2) is 18.2 Å². The Morgan fingerprint density at radius 2 is 2.19 bits per heavy atom. The van der Waals surface area contributed by atoms with Gasteiger partial charge in [0.15, 0.2) is 0 Å². The smallest absolute Gasteiger partial charge is 0.102 e. The molecule has 0 bridgehead atoms. The first-order valence-electron chi connectivity index (χ1n) is 5.46. The molecule has 0 aliphatic heterocycles. The molecule has 1 unspecified atom stereocenters. The topological polar surface area (TPSA) is 56.0 Å². The van der Waals surface area contributed by atoms with Crippen molar-refractivity contribution in [2.45, 2.75) is 32.8 Å². The maximum absolute atomic E-state index is 9.87. The van der Waals surface area contributed by atoms with Crippen molar-refractivity contribution in [2.75, 3.05) is 11.9 Å². The molecule has 0 spiro atoms. The van der Waals surface area contributed by atoms with Crippen molar-refractivity contribution in [3.63, 3.8) is 0 Å². The van der Waals surface area contributed by atoms with E-state index in [0.717, 1.165) is 11.3 Å². The highest BCUT2D eigenvalue weighted by Gasteiger charge is 2.17. The van der Waals surface area contributed by atoms with Gasteiger partial charge in [0.2, 0.25) is 0 Å². The fourth-order valence-corrected chi connectivity index (χ4v) is 1.37. The fourth-order valence-electron chi connectivity index (χ4n) is 1.37. The first kappa shape index (κ1) is 12.5. The predicted molar refractivity (Wildman–Crippen MR) is 65.3 cm³/mol. The van der Waals surface area contributed by atoms with Crippen molar-refractivity contribution >= 4 is 5.69 Å². The molecule has 1 aromatic rings. The summed E-state index contributed by atoms with van der Waals surface area (Å²) in [5.41, 5.74) is 1.64. The van der Waals surface area contributed by atoms with Gasteiger partial charge in [-0.1, -0.05) is 19.1 Å². The summed E-state index contributed by atoms with van der Waals surface area (Å²) in [5, 5.41) is 22.0. The van der Waals surface area contributed by atoms with Crippen LogP contribution in [0.3, 0.4) is 0 Å². The van der Waals surface area contributed by atoms with E-state index in [2.05, 4.69) is 11.4 Å². The second-order valence-electron chi connectivity index (χ2n) is 4.31. The van der Waals surface area contributed by atoms with Crippen LogP contribution in [0, 0.1) is 18.3 Å². The van der Waals surface area contributed by atoms with E-state index in [4.69, 9.17) is 5.26 Å². The Bertz CT molecular complexity index is 405. The second-order valence-corrected chi connectivity index (χ2v) is 4.31. The Kier molecular flexibility index (Phi) is 3.92. The molecule has 86 valence electrons. The molecule has 0 saturated carbocycles. The predicted octanol–water partition coefficient (Wildman–Crippen LogP) is 2.44. The maximum atomic E-state index is 9.87. The summed E-state index contributed by atoms with van der Waals surface area (Å²) in [6.07, 6.45) is 0.674. The quantitative estimate of drug-likeness (QED) is 0.816. The fraction of sp³-hybridized carbons (Fsp3) is 0.462. The summed E-state index contributed by atoms with van der Waals surface area (Å²) < 4.78 is 0. The van der Waals surface area contributed by atoms with Crippen molar-refractivity contribution in [1.29, 1.82) is 5.26 Å². The number of hydrogen-bond donors (Lipinski definition) is 2. The van der Waals surface area contributed by atoms with E-state index < -0.39 is 5.60 Å². The Balaban J connectivity index is 2.83. The van der Waals surface area contributed by atoms with Gasteiger partial charge in [0.25, 0.3) is 0 Å². The number of aryl methyl sites for hydroxylation is 1. The minimum atomic E-state index is -0.740. The van der Waals surface area contributed by atoms with Gasteiger partial charge in [0.1, 0.15) is 6.07 Å². The van der Waals surface area contributed by atoms with Crippen molar-refractivity contribution in [2.24, 2.45) is 0 Å². The summed E-state index contributed by atoms with van der Waals surface area (Å²) in [5.74, 6) is 0. The molecule has 0 aromatic heterocycles. The molecule has 1 rings (SSSR count). The largest absolute Gasteiger partial charge is 0.388 e. The van der Waals surface area contributed by atoms with E-state index in [9.17, 15) is 5.11 Å². The lowest BCUT2D eigenvalue weighted by atomic mass is 10.0. The first-order chi connectivity index (χ1) is 7.50. The maximum Gasteiger partial charge on any atom is 0.102 e. The van der Waals surface area contributed by atoms with Gasteiger partial charge in [0, 0.05) is 6.54 Å². The summed E-state index contributed by atoms with van der Waals surface area (Å²) in [4.78, 5) is 0. The number of hydrogen-bond acceptors (Lipinski definition) is 3. The number of rotatable bonds is 4. The normalized spacial score (nSPS) is 13.9. The summed E-state index contributed by atoms with van der Waals surface area (Å²) >= 11 is 0. The Morgan fingerprint density at radius 1 is 1.50 bits per heavy atom. The standard InChI is InChI=1S/C13H18N2O/c1-4-13(3,16)9-15-12-7-5-6-10(2)11(12)8-14/h5-7,15-16H,4,9H2,1-3H3. The van der Waals surface area contributed by atoms with Gasteiger partial charge < -0.3 is 10.4 Å². The van der Waals surface area contributed by atoms with Gasteiger partial charge in [-0.15, -0.1) is 0 Å². The molecule has 2 N–H and O–H groups in total. The minimum absolute atomic E-state index is 0.446. The lowest BCUT2D eigenvalue weighted by Crippen LogP contribution is -2.32. The second kappa shape index (κ2) is 5.00. The average Bonchev–Trinajstić information content (AvgIpc) is 2.26. The van der Waals surface area contributed by atoms with E-state index in [-0.39, 0.29) is 0 Å². The molecule has 3 heteroatoms. The number of benzene rings is 1. The van der Waals surface area contributed by atoms with Crippen molar-refractivity contribution in [3.05, 3.63) is 29.3 Å². The zero-order chi connectivity index (χ0) is 12.2. The van der Waals surface area contributed by atoms with E-state index in [1.54, 1.807) is 6.92 Å². The summed E-state index contributed by atoms with van der Waals surface area (Å²) in [6, 6.07) is 7.84. The molecule has 0 heterocycles. The Hall–Kier alpha value is -1.53. The molecule has 0 aliphatic rings. The van der Waals surface area contributed by atoms with Crippen LogP contribution in [-0.4, -0.2) is 17.3 Å². The Morgan fingerprint density at radius 3 is 2.75 bits per heavy atom. The van der Waals surface area contributed by atoms with Crippen LogP contribution in [0.1, 0.15) is 31.4 Å². The van der Waals surface area contributed by atoms with Gasteiger partial charge in [0.05, 0.1) is 16.9 Å². The van der Waals surface area contributed by atoms with E-state index in [0.29, 0.717) is 18.5 Å². The molecular weight excluding hydrogens is 200 g/mol. The third-order valence-electron chi connectivity index (χ3n) is 2.81. The number of nitriles is 1. The molecule has 0 amide bonds. The van der Waals surface area contributed by atoms with Crippen LogP contribution in [-0.2, 0) is 0 Å².